The van der Waals surface area contributed by atoms with Crippen molar-refractivity contribution in [2.75, 3.05) is 14.2 Å². The monoisotopic (exact) mass is 401 g/mol. The molecule has 0 aliphatic rings. The van der Waals surface area contributed by atoms with Gasteiger partial charge in [-0.1, -0.05) is 34.1 Å². The third-order valence-electron chi connectivity index (χ3n) is 4.28. The maximum atomic E-state index is 12.5. The molecule has 0 N–H and O–H groups in total. The van der Waals surface area contributed by atoms with Gasteiger partial charge in [0, 0.05) is 22.6 Å². The van der Waals surface area contributed by atoms with Gasteiger partial charge in [0.2, 0.25) is 0 Å². The molecular formula is C20H20BrNO3. The Bertz CT molecular complexity index is 949. The highest BCUT2D eigenvalue weighted by molar-refractivity contribution is 9.10. The molecule has 0 aliphatic heterocycles. The van der Waals surface area contributed by atoms with E-state index in [1.807, 2.05) is 48.7 Å². The summed E-state index contributed by atoms with van der Waals surface area (Å²) >= 11 is 3.58. The molecule has 0 spiro atoms. The predicted octanol–water partition coefficient (Wildman–Crippen LogP) is 4.41. The zero-order valence-corrected chi connectivity index (χ0v) is 15.9. The number of hydrogen-bond donors (Lipinski definition) is 0. The fourth-order valence-corrected chi connectivity index (χ4v) is 3.45. The van der Waals surface area contributed by atoms with E-state index in [0.29, 0.717) is 18.0 Å². The predicted molar refractivity (Wildman–Crippen MR) is 104 cm³/mol. The normalized spacial score (nSPS) is 10.8. The molecule has 130 valence electrons. The van der Waals surface area contributed by atoms with Crippen molar-refractivity contribution in [1.29, 1.82) is 0 Å². The quantitative estimate of drug-likeness (QED) is 0.613. The van der Waals surface area contributed by atoms with Gasteiger partial charge in [-0.3, -0.25) is 4.79 Å². The Labute approximate surface area is 155 Å². The zero-order chi connectivity index (χ0) is 17.8. The number of aryl methyl sites for hydroxylation is 2. The van der Waals surface area contributed by atoms with E-state index >= 15 is 0 Å². The lowest BCUT2D eigenvalue weighted by atomic mass is 10.1. The molecule has 0 amide bonds. The summed E-state index contributed by atoms with van der Waals surface area (Å²) in [5, 5.41) is 1.74. The van der Waals surface area contributed by atoms with Gasteiger partial charge in [-0.25, -0.2) is 0 Å². The van der Waals surface area contributed by atoms with E-state index in [9.17, 15) is 4.79 Å². The van der Waals surface area contributed by atoms with Crippen LogP contribution in [0.2, 0.25) is 0 Å². The number of fused-ring (bicyclic) bond motifs is 1. The van der Waals surface area contributed by atoms with Gasteiger partial charge in [-0.2, -0.15) is 0 Å². The Kier molecular flexibility index (Phi) is 5.43. The smallest absolute Gasteiger partial charge is 0.258 e. The number of hydrogen-bond acceptors (Lipinski definition) is 3. The molecule has 3 rings (SSSR count). The van der Waals surface area contributed by atoms with Crippen LogP contribution >= 0.6 is 15.9 Å². The van der Waals surface area contributed by atoms with E-state index in [-0.39, 0.29) is 5.56 Å². The number of methoxy groups -OCH3 is 2. The standard InChI is InChI=1S/C20H20BrNO3/c1-24-18-12-15(17(21)13-19(18)25-2)7-5-10-22-11-9-14-6-3-4-8-16(14)20(22)23/h3-4,6,8-9,11-13H,5,7,10H2,1-2H3. The van der Waals surface area contributed by atoms with Gasteiger partial charge in [0.25, 0.3) is 5.56 Å². The number of ether oxygens (including phenoxy) is 2. The van der Waals surface area contributed by atoms with E-state index in [1.165, 1.54) is 0 Å². The number of rotatable bonds is 6. The molecule has 3 aromatic rings. The SMILES string of the molecule is COc1cc(Br)c(CCCn2ccc3ccccc3c2=O)cc1OC. The van der Waals surface area contributed by atoms with Crippen LogP contribution in [-0.2, 0) is 13.0 Å². The first-order chi connectivity index (χ1) is 12.1. The molecular weight excluding hydrogens is 382 g/mol. The lowest BCUT2D eigenvalue weighted by Gasteiger charge is -2.12. The topological polar surface area (TPSA) is 40.5 Å². The van der Waals surface area contributed by atoms with Gasteiger partial charge >= 0.3 is 0 Å². The highest BCUT2D eigenvalue weighted by Gasteiger charge is 2.10. The molecule has 2 aromatic carbocycles. The second-order valence-electron chi connectivity index (χ2n) is 5.80. The van der Waals surface area contributed by atoms with E-state index in [0.717, 1.165) is 33.7 Å². The van der Waals surface area contributed by atoms with Gasteiger partial charge in [0.15, 0.2) is 11.5 Å². The van der Waals surface area contributed by atoms with Crippen LogP contribution in [0.15, 0.2) is 57.9 Å². The third kappa shape index (κ3) is 3.71. The molecule has 5 heteroatoms. The van der Waals surface area contributed by atoms with Crippen molar-refractivity contribution in [3.8, 4) is 11.5 Å². The number of nitrogens with zero attached hydrogens (tertiary/aromatic N) is 1. The number of aromatic nitrogens is 1. The Morgan fingerprint density at radius 1 is 1.04 bits per heavy atom. The second kappa shape index (κ2) is 7.74. The van der Waals surface area contributed by atoms with Crippen molar-refractivity contribution < 1.29 is 9.47 Å². The average molecular weight is 402 g/mol. The second-order valence-corrected chi connectivity index (χ2v) is 6.66. The maximum absolute atomic E-state index is 12.5. The molecule has 0 atom stereocenters. The highest BCUT2D eigenvalue weighted by Crippen LogP contribution is 2.33. The van der Waals surface area contributed by atoms with Gasteiger partial charge in [-0.05, 0) is 48.1 Å². The van der Waals surface area contributed by atoms with Crippen LogP contribution in [0, 0.1) is 0 Å². The molecule has 0 fully saturated rings. The zero-order valence-electron chi connectivity index (χ0n) is 14.3. The minimum absolute atomic E-state index is 0.0597. The lowest BCUT2D eigenvalue weighted by molar-refractivity contribution is 0.354. The Balaban J connectivity index is 1.75. The van der Waals surface area contributed by atoms with Crippen molar-refractivity contribution in [2.24, 2.45) is 0 Å². The molecule has 25 heavy (non-hydrogen) atoms. The molecule has 0 radical (unpaired) electrons. The summed E-state index contributed by atoms with van der Waals surface area (Å²) in [4.78, 5) is 12.5. The first-order valence-electron chi connectivity index (χ1n) is 8.12. The van der Waals surface area contributed by atoms with Crippen LogP contribution in [0.5, 0.6) is 11.5 Å². The lowest BCUT2D eigenvalue weighted by Crippen LogP contribution is -2.19. The van der Waals surface area contributed by atoms with E-state index in [1.54, 1.807) is 18.8 Å². The largest absolute Gasteiger partial charge is 0.493 e. The number of benzene rings is 2. The minimum Gasteiger partial charge on any atom is -0.493 e. The first-order valence-corrected chi connectivity index (χ1v) is 8.92. The summed E-state index contributed by atoms with van der Waals surface area (Å²) in [7, 11) is 3.25. The molecule has 0 saturated heterocycles. The first kappa shape index (κ1) is 17.5. The number of halogens is 1. The molecule has 1 heterocycles. The van der Waals surface area contributed by atoms with Crippen LogP contribution in [0.25, 0.3) is 10.8 Å². The van der Waals surface area contributed by atoms with Gasteiger partial charge in [-0.15, -0.1) is 0 Å². The van der Waals surface area contributed by atoms with Crippen LogP contribution in [0.1, 0.15) is 12.0 Å². The van der Waals surface area contributed by atoms with Crippen LogP contribution < -0.4 is 15.0 Å². The summed E-state index contributed by atoms with van der Waals surface area (Å²) in [6.07, 6.45) is 3.56. The molecule has 0 unspecified atom stereocenters. The fraction of sp³-hybridized carbons (Fsp3) is 0.250. The summed E-state index contributed by atoms with van der Waals surface area (Å²) in [6.45, 7) is 0.671. The molecule has 0 saturated carbocycles. The Hall–Kier alpha value is -2.27. The Morgan fingerprint density at radius 3 is 2.52 bits per heavy atom. The summed E-state index contributed by atoms with van der Waals surface area (Å²) < 4.78 is 13.4. The molecule has 0 bridgehead atoms. The van der Waals surface area contributed by atoms with E-state index in [4.69, 9.17) is 9.47 Å². The minimum atomic E-state index is 0.0597. The van der Waals surface area contributed by atoms with Gasteiger partial charge in [0.1, 0.15) is 0 Å². The summed E-state index contributed by atoms with van der Waals surface area (Å²) in [5.74, 6) is 1.41. The van der Waals surface area contributed by atoms with Crippen LogP contribution in [0.3, 0.4) is 0 Å². The van der Waals surface area contributed by atoms with Crippen LogP contribution in [0.4, 0.5) is 0 Å². The number of pyridine rings is 1. The van der Waals surface area contributed by atoms with Crippen molar-refractivity contribution >= 4 is 26.7 Å². The van der Waals surface area contributed by atoms with Crippen molar-refractivity contribution in [3.63, 3.8) is 0 Å². The van der Waals surface area contributed by atoms with E-state index < -0.39 is 0 Å². The average Bonchev–Trinajstić information content (AvgIpc) is 2.64. The molecule has 0 aliphatic carbocycles. The third-order valence-corrected chi connectivity index (χ3v) is 5.02. The highest BCUT2D eigenvalue weighted by atomic mass is 79.9. The van der Waals surface area contributed by atoms with Crippen LogP contribution in [-0.4, -0.2) is 18.8 Å². The fourth-order valence-electron chi connectivity index (χ4n) is 2.93. The molecule has 1 aromatic heterocycles. The van der Waals surface area contributed by atoms with E-state index in [2.05, 4.69) is 15.9 Å². The van der Waals surface area contributed by atoms with Crippen molar-refractivity contribution in [2.45, 2.75) is 19.4 Å². The molecule has 4 nitrogen and oxygen atoms in total. The summed E-state index contributed by atoms with van der Waals surface area (Å²) in [6, 6.07) is 13.6. The summed E-state index contributed by atoms with van der Waals surface area (Å²) in [5.41, 5.74) is 1.19. The van der Waals surface area contributed by atoms with Gasteiger partial charge in [0.05, 0.1) is 14.2 Å². The van der Waals surface area contributed by atoms with Gasteiger partial charge < -0.3 is 14.0 Å². The van der Waals surface area contributed by atoms with Crippen molar-refractivity contribution in [1.82, 2.24) is 4.57 Å². The maximum Gasteiger partial charge on any atom is 0.258 e. The Morgan fingerprint density at radius 2 is 1.76 bits per heavy atom. The van der Waals surface area contributed by atoms with Crippen molar-refractivity contribution in [3.05, 3.63) is 69.1 Å².